The number of morpholine rings is 1. The number of nitrogens with two attached hydrogens (primary N) is 1. The number of nitrogens with zero attached hydrogens (tertiary/aromatic N) is 1. The Balaban J connectivity index is 2.35. The number of carbonyl (C=O) groups is 1. The maximum absolute atomic E-state index is 11.8. The summed E-state index contributed by atoms with van der Waals surface area (Å²) >= 11 is 4.86. The molecule has 1 rings (SSSR count). The van der Waals surface area contributed by atoms with E-state index >= 15 is 0 Å². The number of hydrogen-bond donors (Lipinski definition) is 1. The lowest BCUT2D eigenvalue weighted by molar-refractivity contribution is -0.136. The Hall–Kier alpha value is -0.720. The van der Waals surface area contributed by atoms with Gasteiger partial charge in [0.05, 0.1) is 13.2 Å². The largest absolute Gasteiger partial charge is 0.391 e. The van der Waals surface area contributed by atoms with Crippen LogP contribution in [-0.2, 0) is 14.3 Å². The van der Waals surface area contributed by atoms with Gasteiger partial charge in [-0.2, -0.15) is 0 Å². The second-order valence-corrected chi connectivity index (χ2v) is 4.17. The van der Waals surface area contributed by atoms with Crippen molar-refractivity contribution in [2.24, 2.45) is 5.73 Å². The van der Waals surface area contributed by atoms with Crippen molar-refractivity contribution in [3.63, 3.8) is 0 Å². The summed E-state index contributed by atoms with van der Waals surface area (Å²) in [5.74, 6) is 0.113. The molecular formula is C10H18N2O3S. The molecule has 1 heterocycles. The van der Waals surface area contributed by atoms with Crippen LogP contribution in [0.4, 0.5) is 0 Å². The van der Waals surface area contributed by atoms with E-state index in [1.54, 1.807) is 12.0 Å². The maximum atomic E-state index is 11.8. The fourth-order valence-electron chi connectivity index (χ4n) is 1.57. The van der Waals surface area contributed by atoms with E-state index in [9.17, 15) is 4.79 Å². The molecule has 1 atom stereocenters. The molecule has 0 spiro atoms. The van der Waals surface area contributed by atoms with Gasteiger partial charge in [0.15, 0.2) is 0 Å². The first-order chi connectivity index (χ1) is 7.65. The fraction of sp³-hybridized carbons (Fsp3) is 0.800. The van der Waals surface area contributed by atoms with Gasteiger partial charge in [0.25, 0.3) is 0 Å². The molecule has 6 heteroatoms. The van der Waals surface area contributed by atoms with E-state index in [2.05, 4.69) is 0 Å². The normalized spacial score (nSPS) is 20.8. The number of ether oxygens (including phenoxy) is 2. The lowest BCUT2D eigenvalue weighted by atomic mass is 10.2. The molecule has 1 fully saturated rings. The summed E-state index contributed by atoms with van der Waals surface area (Å²) in [6.07, 6.45) is 0.942. The predicted octanol–water partition coefficient (Wildman–Crippen LogP) is -0.0735. The van der Waals surface area contributed by atoms with E-state index in [0.29, 0.717) is 37.7 Å². The Kier molecular flexibility index (Phi) is 5.65. The standard InChI is InChI=1S/C10H18N2O3S/c1-14-5-2-3-9(13)12-4-6-15-8(7-12)10(11)16/h8H,2-7H2,1H3,(H2,11,16). The van der Waals surface area contributed by atoms with Gasteiger partial charge < -0.3 is 20.1 Å². The number of amides is 1. The average Bonchev–Trinajstić information content (AvgIpc) is 2.29. The van der Waals surface area contributed by atoms with Gasteiger partial charge in [0, 0.05) is 26.7 Å². The second-order valence-electron chi connectivity index (χ2n) is 3.70. The van der Waals surface area contributed by atoms with E-state index in [1.165, 1.54) is 0 Å². The van der Waals surface area contributed by atoms with Gasteiger partial charge in [0.1, 0.15) is 11.1 Å². The van der Waals surface area contributed by atoms with Gasteiger partial charge in [-0.1, -0.05) is 12.2 Å². The van der Waals surface area contributed by atoms with Crippen LogP contribution >= 0.6 is 12.2 Å². The molecule has 0 aliphatic carbocycles. The van der Waals surface area contributed by atoms with Crippen LogP contribution in [0.5, 0.6) is 0 Å². The third kappa shape index (κ3) is 4.03. The monoisotopic (exact) mass is 246 g/mol. The van der Waals surface area contributed by atoms with E-state index in [1.807, 2.05) is 0 Å². The van der Waals surface area contributed by atoms with E-state index < -0.39 is 0 Å². The Bertz CT molecular complexity index is 260. The fourth-order valence-corrected chi connectivity index (χ4v) is 1.72. The molecule has 16 heavy (non-hydrogen) atoms. The van der Waals surface area contributed by atoms with E-state index in [-0.39, 0.29) is 12.0 Å². The molecule has 0 aromatic rings. The number of hydrogen-bond acceptors (Lipinski definition) is 4. The first-order valence-corrected chi connectivity index (χ1v) is 5.73. The third-order valence-electron chi connectivity index (χ3n) is 2.48. The number of methoxy groups -OCH3 is 1. The zero-order valence-corrected chi connectivity index (χ0v) is 10.3. The zero-order chi connectivity index (χ0) is 12.0. The summed E-state index contributed by atoms with van der Waals surface area (Å²) in [7, 11) is 1.63. The highest BCUT2D eigenvalue weighted by Crippen LogP contribution is 2.08. The number of thiocarbonyl (C=S) groups is 1. The highest BCUT2D eigenvalue weighted by atomic mass is 32.1. The van der Waals surface area contributed by atoms with Crippen molar-refractivity contribution in [1.29, 1.82) is 0 Å². The summed E-state index contributed by atoms with van der Waals surface area (Å²) in [6, 6.07) is 0. The molecule has 0 aromatic heterocycles. The maximum Gasteiger partial charge on any atom is 0.222 e. The van der Waals surface area contributed by atoms with Crippen LogP contribution in [0, 0.1) is 0 Å². The van der Waals surface area contributed by atoms with E-state index in [0.717, 1.165) is 6.42 Å². The summed E-state index contributed by atoms with van der Waals surface area (Å²) in [6.45, 7) is 2.19. The van der Waals surface area contributed by atoms with Crippen LogP contribution in [0.3, 0.4) is 0 Å². The minimum absolute atomic E-state index is 0.113. The molecule has 92 valence electrons. The predicted molar refractivity (Wildman–Crippen MR) is 64.2 cm³/mol. The molecule has 0 radical (unpaired) electrons. The minimum atomic E-state index is -0.296. The van der Waals surface area contributed by atoms with Crippen LogP contribution in [0.1, 0.15) is 12.8 Å². The molecule has 0 saturated carbocycles. The van der Waals surface area contributed by atoms with Crippen LogP contribution in [0.2, 0.25) is 0 Å². The van der Waals surface area contributed by atoms with E-state index in [4.69, 9.17) is 27.4 Å². The SMILES string of the molecule is COCCCC(=O)N1CCOC(C(N)=S)C1. The third-order valence-corrected chi connectivity index (χ3v) is 2.74. The van der Waals surface area contributed by atoms with Crippen LogP contribution in [-0.4, -0.2) is 55.3 Å². The summed E-state index contributed by atoms with van der Waals surface area (Å²) in [5, 5.41) is 0. The van der Waals surface area contributed by atoms with Crippen molar-refractivity contribution in [2.75, 3.05) is 33.4 Å². The van der Waals surface area contributed by atoms with Crippen molar-refractivity contribution in [3.8, 4) is 0 Å². The van der Waals surface area contributed by atoms with Crippen LogP contribution in [0.25, 0.3) is 0 Å². The van der Waals surface area contributed by atoms with Gasteiger partial charge in [-0.05, 0) is 6.42 Å². The first-order valence-electron chi connectivity index (χ1n) is 5.32. The number of rotatable bonds is 5. The quantitative estimate of drug-likeness (QED) is 0.543. The van der Waals surface area contributed by atoms with Crippen molar-refractivity contribution in [2.45, 2.75) is 18.9 Å². The Labute approximate surface area is 101 Å². The topological polar surface area (TPSA) is 64.8 Å². The Morgan fingerprint density at radius 3 is 3.06 bits per heavy atom. The van der Waals surface area contributed by atoms with Crippen LogP contribution < -0.4 is 5.73 Å². The molecule has 1 unspecified atom stereocenters. The summed E-state index contributed by atoms with van der Waals surface area (Å²) in [5.41, 5.74) is 5.50. The van der Waals surface area contributed by atoms with Gasteiger partial charge in [0.2, 0.25) is 5.91 Å². The van der Waals surface area contributed by atoms with Gasteiger partial charge in [-0.15, -0.1) is 0 Å². The minimum Gasteiger partial charge on any atom is -0.391 e. The molecule has 1 aliphatic rings. The molecule has 2 N–H and O–H groups in total. The molecule has 0 bridgehead atoms. The second kappa shape index (κ2) is 6.78. The first kappa shape index (κ1) is 13.3. The lowest BCUT2D eigenvalue weighted by Gasteiger charge is -2.32. The van der Waals surface area contributed by atoms with Crippen molar-refractivity contribution >= 4 is 23.1 Å². The van der Waals surface area contributed by atoms with Crippen molar-refractivity contribution in [1.82, 2.24) is 4.90 Å². The number of carbonyl (C=O) groups excluding carboxylic acids is 1. The molecule has 0 aromatic carbocycles. The van der Waals surface area contributed by atoms with Gasteiger partial charge >= 0.3 is 0 Å². The van der Waals surface area contributed by atoms with Crippen LogP contribution in [0.15, 0.2) is 0 Å². The van der Waals surface area contributed by atoms with Gasteiger partial charge in [-0.25, -0.2) is 0 Å². The molecule has 1 aliphatic heterocycles. The highest BCUT2D eigenvalue weighted by molar-refractivity contribution is 7.80. The molecule has 1 saturated heterocycles. The average molecular weight is 246 g/mol. The van der Waals surface area contributed by atoms with Crippen molar-refractivity contribution in [3.05, 3.63) is 0 Å². The smallest absolute Gasteiger partial charge is 0.222 e. The highest BCUT2D eigenvalue weighted by Gasteiger charge is 2.25. The Morgan fingerprint density at radius 2 is 2.44 bits per heavy atom. The molecular weight excluding hydrogens is 228 g/mol. The summed E-state index contributed by atoms with van der Waals surface area (Å²) < 4.78 is 10.3. The molecule has 5 nitrogen and oxygen atoms in total. The summed E-state index contributed by atoms with van der Waals surface area (Å²) in [4.78, 5) is 13.8. The van der Waals surface area contributed by atoms with Gasteiger partial charge in [-0.3, -0.25) is 4.79 Å². The Morgan fingerprint density at radius 1 is 1.69 bits per heavy atom. The zero-order valence-electron chi connectivity index (χ0n) is 9.48. The van der Waals surface area contributed by atoms with Crippen molar-refractivity contribution < 1.29 is 14.3 Å². The molecule has 1 amide bonds. The lowest BCUT2D eigenvalue weighted by Crippen LogP contribution is -2.49.